The Labute approximate surface area is 182 Å². The van der Waals surface area contributed by atoms with Crippen molar-refractivity contribution < 1.29 is 18.3 Å². The lowest BCUT2D eigenvalue weighted by Gasteiger charge is -2.09. The van der Waals surface area contributed by atoms with Crippen molar-refractivity contribution in [3.8, 4) is 22.5 Å². The summed E-state index contributed by atoms with van der Waals surface area (Å²) in [5.41, 5.74) is 3.77. The highest BCUT2D eigenvalue weighted by Gasteiger charge is 2.20. The quantitative estimate of drug-likeness (QED) is 0.360. The molecular formula is C24H17ClF2N2O2. The van der Waals surface area contributed by atoms with Crippen LogP contribution < -0.4 is 0 Å². The minimum atomic E-state index is -0.417. The van der Waals surface area contributed by atoms with Crippen molar-refractivity contribution in [3.63, 3.8) is 0 Å². The zero-order chi connectivity index (χ0) is 22.0. The van der Waals surface area contributed by atoms with Gasteiger partial charge >= 0.3 is 5.97 Å². The first kappa shape index (κ1) is 20.8. The highest BCUT2D eigenvalue weighted by atomic mass is 35.5. The van der Waals surface area contributed by atoms with Crippen molar-refractivity contribution in [2.45, 2.75) is 6.54 Å². The maximum atomic E-state index is 13.5. The molecule has 0 bridgehead atoms. The molecule has 0 unspecified atom stereocenters. The highest BCUT2D eigenvalue weighted by molar-refractivity contribution is 6.35. The van der Waals surface area contributed by atoms with Crippen molar-refractivity contribution >= 4 is 17.6 Å². The normalized spacial score (nSPS) is 10.8. The van der Waals surface area contributed by atoms with Crippen molar-refractivity contribution in [2.75, 3.05) is 7.11 Å². The van der Waals surface area contributed by atoms with E-state index in [1.807, 2.05) is 0 Å². The van der Waals surface area contributed by atoms with Crippen LogP contribution in [0.4, 0.5) is 8.78 Å². The minimum Gasteiger partial charge on any atom is -0.465 e. The summed E-state index contributed by atoms with van der Waals surface area (Å²) in [7, 11) is 1.33. The van der Waals surface area contributed by atoms with Gasteiger partial charge in [0.15, 0.2) is 0 Å². The Balaban J connectivity index is 1.78. The largest absolute Gasteiger partial charge is 0.465 e. The van der Waals surface area contributed by atoms with Gasteiger partial charge in [0.2, 0.25) is 0 Å². The summed E-state index contributed by atoms with van der Waals surface area (Å²) in [6.45, 7) is 0.356. The first-order valence-electron chi connectivity index (χ1n) is 9.41. The fraction of sp³-hybridized carbons (Fsp3) is 0.0833. The molecule has 0 atom stereocenters. The number of benzene rings is 3. The average Bonchev–Trinajstić information content (AvgIpc) is 3.10. The molecule has 4 aromatic rings. The van der Waals surface area contributed by atoms with Gasteiger partial charge in [-0.15, -0.1) is 0 Å². The lowest BCUT2D eigenvalue weighted by molar-refractivity contribution is 0.0600. The molecule has 0 saturated heterocycles. The number of hydrogen-bond acceptors (Lipinski definition) is 3. The summed E-state index contributed by atoms with van der Waals surface area (Å²) in [6.07, 6.45) is 0. The van der Waals surface area contributed by atoms with Crippen molar-refractivity contribution in [1.29, 1.82) is 0 Å². The second-order valence-corrected chi connectivity index (χ2v) is 7.25. The standard InChI is InChI=1S/C24H17ClF2N2O2/c1-31-24(30)18-4-2-15(3-5-18)14-29-23(17-8-12-20(27)13-9-17)21(25)22(28-29)16-6-10-19(26)11-7-16/h2-13H,14H2,1H3. The van der Waals surface area contributed by atoms with E-state index in [-0.39, 0.29) is 11.6 Å². The molecule has 0 spiro atoms. The molecule has 1 aromatic heterocycles. The summed E-state index contributed by atoms with van der Waals surface area (Å²) < 4.78 is 33.3. The maximum absolute atomic E-state index is 13.5. The molecule has 0 radical (unpaired) electrons. The van der Waals surface area contributed by atoms with Gasteiger partial charge in [0.25, 0.3) is 0 Å². The van der Waals surface area contributed by atoms with Gasteiger partial charge < -0.3 is 4.74 Å². The van der Waals surface area contributed by atoms with Crippen LogP contribution in [-0.4, -0.2) is 22.9 Å². The van der Waals surface area contributed by atoms with Crippen LogP contribution in [0.3, 0.4) is 0 Å². The Morgan fingerprint density at radius 3 is 2.00 bits per heavy atom. The Kier molecular flexibility index (Phi) is 5.82. The highest BCUT2D eigenvalue weighted by Crippen LogP contribution is 2.37. The monoisotopic (exact) mass is 438 g/mol. The molecule has 0 aliphatic rings. The Morgan fingerprint density at radius 1 is 0.903 bits per heavy atom. The number of hydrogen-bond donors (Lipinski definition) is 0. The topological polar surface area (TPSA) is 44.1 Å². The van der Waals surface area contributed by atoms with Gasteiger partial charge in [-0.3, -0.25) is 4.68 Å². The van der Waals surface area contributed by atoms with Gasteiger partial charge in [0, 0.05) is 11.1 Å². The SMILES string of the molecule is COC(=O)c1ccc(Cn2nc(-c3ccc(F)cc3)c(Cl)c2-c2ccc(F)cc2)cc1. The summed E-state index contributed by atoms with van der Waals surface area (Å²) in [5.74, 6) is -1.13. The summed E-state index contributed by atoms with van der Waals surface area (Å²) in [5, 5.41) is 5.03. The van der Waals surface area contributed by atoms with Gasteiger partial charge in [-0.1, -0.05) is 23.7 Å². The first-order chi connectivity index (χ1) is 15.0. The summed E-state index contributed by atoms with van der Waals surface area (Å²) in [6, 6.07) is 18.8. The zero-order valence-electron chi connectivity index (χ0n) is 16.5. The van der Waals surface area contributed by atoms with E-state index in [2.05, 4.69) is 5.10 Å². The number of rotatable bonds is 5. The predicted molar refractivity (Wildman–Crippen MR) is 115 cm³/mol. The molecule has 1 heterocycles. The molecule has 156 valence electrons. The molecule has 4 rings (SSSR count). The lowest BCUT2D eigenvalue weighted by atomic mass is 10.1. The van der Waals surface area contributed by atoms with Crippen LogP contribution in [0.2, 0.25) is 5.02 Å². The van der Waals surface area contributed by atoms with E-state index in [9.17, 15) is 13.6 Å². The van der Waals surface area contributed by atoms with E-state index in [1.165, 1.54) is 31.4 Å². The van der Waals surface area contributed by atoms with Gasteiger partial charge in [-0.05, 0) is 66.2 Å². The molecule has 31 heavy (non-hydrogen) atoms. The Morgan fingerprint density at radius 2 is 1.45 bits per heavy atom. The van der Waals surface area contributed by atoms with Crippen molar-refractivity contribution in [1.82, 2.24) is 9.78 Å². The van der Waals surface area contributed by atoms with Gasteiger partial charge in [0.05, 0.1) is 29.9 Å². The Hall–Kier alpha value is -3.51. The fourth-order valence-electron chi connectivity index (χ4n) is 3.27. The number of halogens is 3. The lowest BCUT2D eigenvalue weighted by Crippen LogP contribution is -2.05. The zero-order valence-corrected chi connectivity index (χ0v) is 17.2. The third-order valence-corrected chi connectivity index (χ3v) is 5.20. The van der Waals surface area contributed by atoms with Crippen LogP contribution in [0.1, 0.15) is 15.9 Å². The van der Waals surface area contributed by atoms with Gasteiger partial charge in [-0.2, -0.15) is 5.10 Å². The van der Waals surface area contributed by atoms with E-state index in [0.717, 1.165) is 5.56 Å². The second-order valence-electron chi connectivity index (χ2n) is 6.87. The van der Waals surface area contributed by atoms with Crippen LogP contribution >= 0.6 is 11.6 Å². The maximum Gasteiger partial charge on any atom is 0.337 e. The third kappa shape index (κ3) is 4.34. The molecule has 0 fully saturated rings. The van der Waals surface area contributed by atoms with E-state index in [1.54, 1.807) is 53.2 Å². The first-order valence-corrected chi connectivity index (χ1v) is 9.79. The summed E-state index contributed by atoms with van der Waals surface area (Å²) in [4.78, 5) is 11.7. The van der Waals surface area contributed by atoms with Crippen LogP contribution in [0.5, 0.6) is 0 Å². The van der Waals surface area contributed by atoms with E-state index in [0.29, 0.717) is 39.6 Å². The molecule has 3 aromatic carbocycles. The van der Waals surface area contributed by atoms with Crippen LogP contribution in [0.25, 0.3) is 22.5 Å². The smallest absolute Gasteiger partial charge is 0.337 e. The third-order valence-electron chi connectivity index (χ3n) is 4.84. The number of nitrogens with zero attached hydrogens (tertiary/aromatic N) is 2. The minimum absolute atomic E-state index is 0.356. The summed E-state index contributed by atoms with van der Waals surface area (Å²) >= 11 is 6.70. The number of esters is 1. The average molecular weight is 439 g/mol. The number of carbonyl (C=O) groups is 1. The van der Waals surface area contributed by atoms with Gasteiger partial charge in [-0.25, -0.2) is 13.6 Å². The van der Waals surface area contributed by atoms with E-state index < -0.39 is 5.97 Å². The van der Waals surface area contributed by atoms with E-state index in [4.69, 9.17) is 16.3 Å². The van der Waals surface area contributed by atoms with Crippen LogP contribution in [0.15, 0.2) is 72.8 Å². The number of aromatic nitrogens is 2. The number of methoxy groups -OCH3 is 1. The van der Waals surface area contributed by atoms with Crippen molar-refractivity contribution in [3.05, 3.63) is 101 Å². The molecule has 0 aliphatic carbocycles. The molecule has 0 saturated carbocycles. The van der Waals surface area contributed by atoms with Gasteiger partial charge in [0.1, 0.15) is 17.3 Å². The molecular weight excluding hydrogens is 422 g/mol. The number of carbonyl (C=O) groups excluding carboxylic acids is 1. The molecule has 0 amide bonds. The molecule has 0 N–H and O–H groups in total. The van der Waals surface area contributed by atoms with Crippen molar-refractivity contribution in [2.24, 2.45) is 0 Å². The Bertz CT molecular complexity index is 1220. The molecule has 7 heteroatoms. The fourth-order valence-corrected chi connectivity index (χ4v) is 3.62. The van der Waals surface area contributed by atoms with E-state index >= 15 is 0 Å². The second kappa shape index (κ2) is 8.70. The molecule has 0 aliphatic heterocycles. The molecule has 4 nitrogen and oxygen atoms in total. The number of ether oxygens (including phenoxy) is 1. The van der Waals surface area contributed by atoms with Crippen LogP contribution in [0, 0.1) is 11.6 Å². The predicted octanol–water partition coefficient (Wildman–Crippen LogP) is 5.98. The van der Waals surface area contributed by atoms with Crippen LogP contribution in [-0.2, 0) is 11.3 Å².